The van der Waals surface area contributed by atoms with Crippen LogP contribution < -0.4 is 10.9 Å². The molecule has 130 valence electrons. The number of nitrogens with zero attached hydrogens (tertiary/aromatic N) is 2. The van der Waals surface area contributed by atoms with Gasteiger partial charge in [-0.2, -0.15) is 0 Å². The summed E-state index contributed by atoms with van der Waals surface area (Å²) in [6.45, 7) is 6.94. The van der Waals surface area contributed by atoms with E-state index in [0.29, 0.717) is 11.7 Å². The van der Waals surface area contributed by atoms with Gasteiger partial charge in [-0.25, -0.2) is 0 Å². The summed E-state index contributed by atoms with van der Waals surface area (Å²) in [5, 5.41) is 4.90. The fraction of sp³-hybridized carbons (Fsp3) is 0.444. The van der Waals surface area contributed by atoms with Crippen LogP contribution in [0.2, 0.25) is 0 Å². The van der Waals surface area contributed by atoms with Crippen molar-refractivity contribution >= 4 is 28.2 Å². The summed E-state index contributed by atoms with van der Waals surface area (Å²) < 4.78 is 0. The predicted octanol–water partition coefficient (Wildman–Crippen LogP) is 2.09. The van der Waals surface area contributed by atoms with Gasteiger partial charge in [0, 0.05) is 30.7 Å². The molecule has 0 spiro atoms. The molecule has 2 rings (SSSR count). The highest BCUT2D eigenvalue weighted by Crippen LogP contribution is 2.14. The minimum Gasteiger partial charge on any atom is -0.363 e. The van der Waals surface area contributed by atoms with Crippen molar-refractivity contribution in [2.24, 2.45) is 0 Å². The third-order valence-electron chi connectivity index (χ3n) is 3.87. The second kappa shape index (κ2) is 8.26. The largest absolute Gasteiger partial charge is 0.363 e. The molecule has 6 heteroatoms. The normalized spacial score (nSPS) is 11.0. The molecule has 0 bridgehead atoms. The summed E-state index contributed by atoms with van der Waals surface area (Å²) in [4.78, 5) is 19.6. The Balaban J connectivity index is 2.28. The molecule has 1 aromatic heterocycles. The Hall–Kier alpha value is -1.92. The maximum absolute atomic E-state index is 12.4. The lowest BCUT2D eigenvalue weighted by molar-refractivity contribution is 0.322. The molecule has 24 heavy (non-hydrogen) atoms. The van der Waals surface area contributed by atoms with Crippen molar-refractivity contribution in [3.8, 4) is 0 Å². The summed E-state index contributed by atoms with van der Waals surface area (Å²) in [6.07, 6.45) is 0. The smallest absolute Gasteiger partial charge is 0.253 e. The highest BCUT2D eigenvalue weighted by Gasteiger charge is 2.13. The van der Waals surface area contributed by atoms with Crippen molar-refractivity contribution in [1.82, 2.24) is 20.1 Å². The third-order valence-corrected chi connectivity index (χ3v) is 4.27. The lowest BCUT2D eigenvalue weighted by Gasteiger charge is -2.27. The molecule has 0 aliphatic rings. The van der Waals surface area contributed by atoms with Crippen LogP contribution in [0.4, 0.5) is 0 Å². The standard InChI is InChI=1S/C18H26N4OS/c1-5-19-18(24)22(9-8-21(3)4)12-15-11-14-7-6-13(2)10-16(14)20-17(15)23/h6-7,10-11H,5,8-9,12H2,1-4H3,(H,19,24)(H,20,23). The number of H-pyrrole nitrogens is 1. The van der Waals surface area contributed by atoms with E-state index in [0.717, 1.165) is 41.7 Å². The van der Waals surface area contributed by atoms with Crippen LogP contribution in [0.3, 0.4) is 0 Å². The topological polar surface area (TPSA) is 51.4 Å². The van der Waals surface area contributed by atoms with E-state index in [1.54, 1.807) is 0 Å². The Morgan fingerprint density at radius 1 is 1.25 bits per heavy atom. The van der Waals surface area contributed by atoms with E-state index in [1.807, 2.05) is 51.0 Å². The third kappa shape index (κ3) is 4.79. The Morgan fingerprint density at radius 2 is 2.00 bits per heavy atom. The SMILES string of the molecule is CCNC(=S)N(CCN(C)C)Cc1cc2ccc(C)cc2[nH]c1=O. The van der Waals surface area contributed by atoms with Crippen LogP contribution in [0.15, 0.2) is 29.1 Å². The molecule has 0 amide bonds. The number of benzene rings is 1. The summed E-state index contributed by atoms with van der Waals surface area (Å²) >= 11 is 5.47. The molecule has 0 saturated heterocycles. The summed E-state index contributed by atoms with van der Waals surface area (Å²) in [5.41, 5.74) is 2.68. The Bertz CT molecular complexity index is 769. The van der Waals surface area contributed by atoms with E-state index in [-0.39, 0.29) is 5.56 Å². The van der Waals surface area contributed by atoms with Gasteiger partial charge in [0.05, 0.1) is 6.54 Å². The number of thiocarbonyl (C=S) groups is 1. The van der Waals surface area contributed by atoms with Crippen molar-refractivity contribution in [3.63, 3.8) is 0 Å². The van der Waals surface area contributed by atoms with Gasteiger partial charge in [0.15, 0.2) is 5.11 Å². The average molecular weight is 347 g/mol. The number of aryl methyl sites for hydroxylation is 1. The van der Waals surface area contributed by atoms with Gasteiger partial charge in [0.2, 0.25) is 0 Å². The lowest BCUT2D eigenvalue weighted by Crippen LogP contribution is -2.43. The number of likely N-dealkylation sites (N-methyl/N-ethyl adjacent to an activating group) is 1. The van der Waals surface area contributed by atoms with Gasteiger partial charge < -0.3 is 20.1 Å². The first-order valence-corrected chi connectivity index (χ1v) is 8.61. The van der Waals surface area contributed by atoms with Gasteiger partial charge >= 0.3 is 0 Å². The predicted molar refractivity (Wildman–Crippen MR) is 105 cm³/mol. The zero-order valence-electron chi connectivity index (χ0n) is 14.8. The van der Waals surface area contributed by atoms with Gasteiger partial charge in [-0.3, -0.25) is 4.79 Å². The number of hydrogen-bond donors (Lipinski definition) is 2. The van der Waals surface area contributed by atoms with E-state index in [9.17, 15) is 4.79 Å². The second-order valence-electron chi connectivity index (χ2n) is 6.27. The zero-order chi connectivity index (χ0) is 17.7. The van der Waals surface area contributed by atoms with Crippen molar-refractivity contribution < 1.29 is 0 Å². The van der Waals surface area contributed by atoms with Crippen LogP contribution in [0.25, 0.3) is 10.9 Å². The molecule has 0 unspecified atom stereocenters. The van der Waals surface area contributed by atoms with E-state index in [2.05, 4.69) is 21.3 Å². The average Bonchev–Trinajstić information content (AvgIpc) is 2.51. The molecular weight excluding hydrogens is 320 g/mol. The monoisotopic (exact) mass is 346 g/mol. The minimum atomic E-state index is -0.0535. The van der Waals surface area contributed by atoms with Crippen LogP contribution in [0.5, 0.6) is 0 Å². The quantitative estimate of drug-likeness (QED) is 0.785. The van der Waals surface area contributed by atoms with E-state index in [1.165, 1.54) is 0 Å². The first-order valence-electron chi connectivity index (χ1n) is 8.20. The number of aromatic nitrogens is 1. The van der Waals surface area contributed by atoms with Gasteiger partial charge in [-0.15, -0.1) is 0 Å². The van der Waals surface area contributed by atoms with Crippen molar-refractivity contribution in [3.05, 3.63) is 45.7 Å². The van der Waals surface area contributed by atoms with Gasteiger partial charge in [0.1, 0.15) is 0 Å². The Labute approximate surface area is 148 Å². The molecule has 2 N–H and O–H groups in total. The minimum absolute atomic E-state index is 0.0535. The van der Waals surface area contributed by atoms with Gasteiger partial charge in [0.25, 0.3) is 5.56 Å². The van der Waals surface area contributed by atoms with E-state index < -0.39 is 0 Å². The molecule has 2 aromatic rings. The molecule has 0 fully saturated rings. The number of pyridine rings is 1. The van der Waals surface area contributed by atoms with Gasteiger partial charge in [-0.1, -0.05) is 12.1 Å². The second-order valence-corrected chi connectivity index (χ2v) is 6.66. The Morgan fingerprint density at radius 3 is 2.67 bits per heavy atom. The lowest BCUT2D eigenvalue weighted by atomic mass is 10.1. The molecular formula is C18H26N4OS. The van der Waals surface area contributed by atoms with Crippen LogP contribution in [0.1, 0.15) is 18.1 Å². The summed E-state index contributed by atoms with van der Waals surface area (Å²) in [5.74, 6) is 0. The zero-order valence-corrected chi connectivity index (χ0v) is 15.7. The molecule has 1 aromatic carbocycles. The van der Waals surface area contributed by atoms with Crippen LogP contribution >= 0.6 is 12.2 Å². The number of hydrogen-bond acceptors (Lipinski definition) is 3. The van der Waals surface area contributed by atoms with Crippen molar-refractivity contribution in [2.45, 2.75) is 20.4 Å². The van der Waals surface area contributed by atoms with Crippen LogP contribution in [-0.4, -0.2) is 53.6 Å². The summed E-state index contributed by atoms with van der Waals surface area (Å²) in [6, 6.07) is 8.05. The first kappa shape index (κ1) is 18.4. The molecule has 0 aliphatic carbocycles. The number of aromatic amines is 1. The first-order chi connectivity index (χ1) is 11.4. The fourth-order valence-corrected chi connectivity index (χ4v) is 2.82. The van der Waals surface area contributed by atoms with E-state index >= 15 is 0 Å². The number of fused-ring (bicyclic) bond motifs is 1. The highest BCUT2D eigenvalue weighted by molar-refractivity contribution is 7.80. The Kier molecular flexibility index (Phi) is 6.34. The molecule has 1 heterocycles. The molecule has 0 radical (unpaired) electrons. The number of nitrogens with one attached hydrogen (secondary N) is 2. The highest BCUT2D eigenvalue weighted by atomic mass is 32.1. The molecule has 5 nitrogen and oxygen atoms in total. The van der Waals surface area contributed by atoms with Gasteiger partial charge in [-0.05, 0) is 63.2 Å². The molecule has 0 aliphatic heterocycles. The number of rotatable bonds is 6. The summed E-state index contributed by atoms with van der Waals surface area (Å²) in [7, 11) is 4.05. The maximum atomic E-state index is 12.4. The fourth-order valence-electron chi connectivity index (χ4n) is 2.52. The van der Waals surface area contributed by atoms with E-state index in [4.69, 9.17) is 12.2 Å². The van der Waals surface area contributed by atoms with Crippen molar-refractivity contribution in [2.75, 3.05) is 33.7 Å². The van der Waals surface area contributed by atoms with Crippen LogP contribution in [0, 0.1) is 6.92 Å². The molecule has 0 saturated carbocycles. The molecule has 0 atom stereocenters. The maximum Gasteiger partial charge on any atom is 0.253 e. The van der Waals surface area contributed by atoms with Crippen LogP contribution in [-0.2, 0) is 6.54 Å². The van der Waals surface area contributed by atoms with Crippen molar-refractivity contribution in [1.29, 1.82) is 0 Å².